The fraction of sp³-hybridized carbons (Fsp3) is 0.500. The molecule has 20 heavy (non-hydrogen) atoms. The minimum Gasteiger partial charge on any atom is -0.381 e. The van der Waals surface area contributed by atoms with Crippen LogP contribution < -0.4 is 10.5 Å². The highest BCUT2D eigenvalue weighted by Crippen LogP contribution is 2.38. The molecule has 1 fully saturated rings. The second-order valence-electron chi connectivity index (χ2n) is 5.02. The monoisotopic (exact) mass is 299 g/mol. The van der Waals surface area contributed by atoms with E-state index in [9.17, 15) is 18.5 Å². The van der Waals surface area contributed by atoms with Gasteiger partial charge in [-0.15, -0.1) is 0 Å². The SMILES string of the molecule is CCCC1CC1Nc1ccc([N+](=O)[O-])cc1S(N)(=O)=O. The van der Waals surface area contributed by atoms with Crippen molar-refractivity contribution < 1.29 is 13.3 Å². The van der Waals surface area contributed by atoms with Crippen molar-refractivity contribution in [3.8, 4) is 0 Å². The second-order valence-corrected chi connectivity index (χ2v) is 6.55. The van der Waals surface area contributed by atoms with Crippen LogP contribution in [-0.4, -0.2) is 19.4 Å². The molecular weight excluding hydrogens is 282 g/mol. The van der Waals surface area contributed by atoms with E-state index < -0.39 is 14.9 Å². The molecule has 8 heteroatoms. The normalized spacial score (nSPS) is 21.5. The molecule has 1 aromatic rings. The number of nitrogens with one attached hydrogen (secondary N) is 1. The van der Waals surface area contributed by atoms with Gasteiger partial charge >= 0.3 is 0 Å². The van der Waals surface area contributed by atoms with Gasteiger partial charge in [0.2, 0.25) is 10.0 Å². The lowest BCUT2D eigenvalue weighted by Crippen LogP contribution is -2.16. The molecule has 110 valence electrons. The molecule has 0 amide bonds. The van der Waals surface area contributed by atoms with Gasteiger partial charge in [0.15, 0.2) is 0 Å². The summed E-state index contributed by atoms with van der Waals surface area (Å²) in [5, 5.41) is 18.9. The van der Waals surface area contributed by atoms with Crippen LogP contribution >= 0.6 is 0 Å². The maximum absolute atomic E-state index is 11.6. The number of primary sulfonamides is 1. The molecule has 0 aromatic heterocycles. The average Bonchev–Trinajstić information content (AvgIpc) is 3.06. The van der Waals surface area contributed by atoms with Gasteiger partial charge in [0.05, 0.1) is 10.6 Å². The number of hydrogen-bond donors (Lipinski definition) is 2. The molecule has 0 radical (unpaired) electrons. The third kappa shape index (κ3) is 3.26. The first kappa shape index (κ1) is 14.7. The summed E-state index contributed by atoms with van der Waals surface area (Å²) >= 11 is 0. The number of nitrogens with zero attached hydrogens (tertiary/aromatic N) is 1. The van der Waals surface area contributed by atoms with Crippen molar-refractivity contribution in [1.29, 1.82) is 0 Å². The third-order valence-corrected chi connectivity index (χ3v) is 4.36. The number of benzene rings is 1. The Morgan fingerprint density at radius 2 is 2.20 bits per heavy atom. The van der Waals surface area contributed by atoms with Crippen LogP contribution in [0.4, 0.5) is 11.4 Å². The minimum absolute atomic E-state index is 0.219. The van der Waals surface area contributed by atoms with Gasteiger partial charge in [0.1, 0.15) is 4.90 Å². The Bertz CT molecular complexity index is 630. The largest absolute Gasteiger partial charge is 0.381 e. The molecule has 1 aromatic carbocycles. The van der Waals surface area contributed by atoms with Crippen molar-refractivity contribution in [1.82, 2.24) is 0 Å². The van der Waals surface area contributed by atoms with E-state index in [0.717, 1.165) is 25.3 Å². The minimum atomic E-state index is -4.00. The van der Waals surface area contributed by atoms with Crippen LogP contribution in [0, 0.1) is 16.0 Å². The summed E-state index contributed by atoms with van der Waals surface area (Å²) in [5.41, 5.74) is 0.0437. The van der Waals surface area contributed by atoms with Crippen molar-refractivity contribution in [3.05, 3.63) is 28.3 Å². The molecule has 0 bridgehead atoms. The molecule has 7 nitrogen and oxygen atoms in total. The molecule has 1 aliphatic carbocycles. The van der Waals surface area contributed by atoms with Gasteiger partial charge in [-0.05, 0) is 24.8 Å². The molecule has 2 rings (SSSR count). The molecule has 0 saturated heterocycles. The fourth-order valence-corrected chi connectivity index (χ4v) is 3.01. The zero-order valence-corrected chi connectivity index (χ0v) is 11.9. The number of sulfonamides is 1. The number of nitro groups is 1. The number of non-ortho nitro benzene ring substituents is 1. The molecule has 0 spiro atoms. The summed E-state index contributed by atoms with van der Waals surface area (Å²) in [5.74, 6) is 0.531. The van der Waals surface area contributed by atoms with Gasteiger partial charge in [-0.3, -0.25) is 10.1 Å². The van der Waals surface area contributed by atoms with Gasteiger partial charge in [0.25, 0.3) is 5.69 Å². The average molecular weight is 299 g/mol. The molecular formula is C12H17N3O4S. The Kier molecular flexibility index (Phi) is 3.96. The lowest BCUT2D eigenvalue weighted by atomic mass is 10.2. The summed E-state index contributed by atoms with van der Waals surface area (Å²) < 4.78 is 23.1. The van der Waals surface area contributed by atoms with E-state index in [1.807, 2.05) is 0 Å². The molecule has 1 aliphatic rings. The number of anilines is 1. The highest BCUT2D eigenvalue weighted by atomic mass is 32.2. The Labute approximate surface area is 117 Å². The highest BCUT2D eigenvalue weighted by Gasteiger charge is 2.36. The van der Waals surface area contributed by atoms with Gasteiger partial charge in [0, 0.05) is 18.2 Å². The van der Waals surface area contributed by atoms with Gasteiger partial charge in [-0.25, -0.2) is 13.6 Å². The van der Waals surface area contributed by atoms with Gasteiger partial charge in [-0.2, -0.15) is 0 Å². The summed E-state index contributed by atoms with van der Waals surface area (Å²) in [4.78, 5) is 9.84. The van der Waals surface area contributed by atoms with Crippen LogP contribution in [0.5, 0.6) is 0 Å². The summed E-state index contributed by atoms with van der Waals surface area (Å²) in [6, 6.07) is 3.89. The van der Waals surface area contributed by atoms with Crippen molar-refractivity contribution in [2.24, 2.45) is 11.1 Å². The van der Waals surface area contributed by atoms with E-state index in [4.69, 9.17) is 5.14 Å². The Morgan fingerprint density at radius 1 is 1.50 bits per heavy atom. The van der Waals surface area contributed by atoms with E-state index in [1.165, 1.54) is 12.1 Å². The Balaban J connectivity index is 2.27. The van der Waals surface area contributed by atoms with Crippen molar-refractivity contribution >= 4 is 21.4 Å². The first-order chi connectivity index (χ1) is 9.32. The van der Waals surface area contributed by atoms with E-state index in [1.54, 1.807) is 0 Å². The smallest absolute Gasteiger partial charge is 0.270 e. The first-order valence-electron chi connectivity index (χ1n) is 6.40. The number of hydrogen-bond acceptors (Lipinski definition) is 5. The lowest BCUT2D eigenvalue weighted by molar-refractivity contribution is -0.385. The summed E-state index contributed by atoms with van der Waals surface area (Å²) in [6.45, 7) is 2.09. The summed E-state index contributed by atoms with van der Waals surface area (Å²) in [7, 11) is -4.00. The van der Waals surface area contributed by atoms with Crippen molar-refractivity contribution in [2.45, 2.75) is 37.1 Å². The van der Waals surface area contributed by atoms with E-state index >= 15 is 0 Å². The van der Waals surface area contributed by atoms with E-state index in [2.05, 4.69) is 12.2 Å². The first-order valence-corrected chi connectivity index (χ1v) is 7.95. The predicted octanol–water partition coefficient (Wildman–Crippen LogP) is 1.84. The predicted molar refractivity (Wildman–Crippen MR) is 74.9 cm³/mol. The molecule has 1 saturated carbocycles. The van der Waals surface area contributed by atoms with Crippen LogP contribution in [0.25, 0.3) is 0 Å². The van der Waals surface area contributed by atoms with Crippen LogP contribution in [0.15, 0.2) is 23.1 Å². The molecule has 3 N–H and O–H groups in total. The van der Waals surface area contributed by atoms with Crippen LogP contribution in [0.3, 0.4) is 0 Å². The quantitative estimate of drug-likeness (QED) is 0.614. The number of nitro benzene ring substituents is 1. The molecule has 0 heterocycles. The molecule has 0 aliphatic heterocycles. The highest BCUT2D eigenvalue weighted by molar-refractivity contribution is 7.89. The van der Waals surface area contributed by atoms with E-state index in [0.29, 0.717) is 11.6 Å². The molecule has 2 unspecified atom stereocenters. The van der Waals surface area contributed by atoms with Gasteiger partial charge in [-0.1, -0.05) is 13.3 Å². The zero-order valence-electron chi connectivity index (χ0n) is 11.1. The summed E-state index contributed by atoms with van der Waals surface area (Å²) in [6.07, 6.45) is 3.13. The van der Waals surface area contributed by atoms with E-state index in [-0.39, 0.29) is 16.6 Å². The topological polar surface area (TPSA) is 115 Å². The lowest BCUT2D eigenvalue weighted by Gasteiger charge is -2.10. The Hall–Kier alpha value is -1.67. The van der Waals surface area contributed by atoms with Crippen molar-refractivity contribution in [3.63, 3.8) is 0 Å². The maximum atomic E-state index is 11.6. The van der Waals surface area contributed by atoms with Crippen LogP contribution in [0.1, 0.15) is 26.2 Å². The molecule has 2 atom stereocenters. The van der Waals surface area contributed by atoms with Gasteiger partial charge < -0.3 is 5.32 Å². The maximum Gasteiger partial charge on any atom is 0.270 e. The van der Waals surface area contributed by atoms with Crippen molar-refractivity contribution in [2.75, 3.05) is 5.32 Å². The standard InChI is InChI=1S/C12H17N3O4S/c1-2-3-8-6-11(8)14-10-5-4-9(15(16)17)7-12(10)20(13,18)19/h4-5,7-8,11,14H,2-3,6H2,1H3,(H2,13,18,19). The third-order valence-electron chi connectivity index (χ3n) is 3.41. The van der Waals surface area contributed by atoms with Crippen LogP contribution in [0.2, 0.25) is 0 Å². The number of rotatable bonds is 6. The Morgan fingerprint density at radius 3 is 2.75 bits per heavy atom. The number of nitrogens with two attached hydrogens (primary N) is 1. The second kappa shape index (κ2) is 5.37. The van der Waals surface area contributed by atoms with Crippen LogP contribution in [-0.2, 0) is 10.0 Å². The zero-order chi connectivity index (χ0) is 14.9. The fourth-order valence-electron chi connectivity index (χ4n) is 2.29.